The zero-order chi connectivity index (χ0) is 18.6. The molecule has 0 bridgehead atoms. The Morgan fingerprint density at radius 3 is 2.08 bits per heavy atom. The maximum absolute atomic E-state index is 12.4. The number of carbonyl (C=O) groups excluding carboxylic acids is 3. The lowest BCUT2D eigenvalue weighted by Gasteiger charge is -2.13. The lowest BCUT2D eigenvalue weighted by atomic mass is 10.0. The Balaban J connectivity index is 2.04. The summed E-state index contributed by atoms with van der Waals surface area (Å²) in [4.78, 5) is 35.6. The van der Waals surface area contributed by atoms with Gasteiger partial charge in [0, 0.05) is 18.2 Å². The van der Waals surface area contributed by atoms with Crippen molar-refractivity contribution in [2.24, 2.45) is 0 Å². The molecular formula is C20H21NO4. The number of anilines is 1. The van der Waals surface area contributed by atoms with E-state index in [-0.39, 0.29) is 11.7 Å². The van der Waals surface area contributed by atoms with Crippen LogP contribution >= 0.6 is 0 Å². The first-order chi connectivity index (χ1) is 11.8. The first kappa shape index (κ1) is 18.4. The molecule has 0 spiro atoms. The van der Waals surface area contributed by atoms with Gasteiger partial charge in [0.15, 0.2) is 6.10 Å². The number of benzene rings is 2. The molecule has 25 heavy (non-hydrogen) atoms. The molecule has 1 atom stereocenters. The number of carbonyl (C=O) groups is 3. The molecule has 0 aromatic heterocycles. The Labute approximate surface area is 147 Å². The van der Waals surface area contributed by atoms with Gasteiger partial charge in [0.05, 0.1) is 5.56 Å². The average Bonchev–Trinajstić information content (AvgIpc) is 2.56. The fourth-order valence-electron chi connectivity index (χ4n) is 2.30. The molecule has 5 nitrogen and oxygen atoms in total. The third kappa shape index (κ3) is 4.76. The van der Waals surface area contributed by atoms with E-state index in [0.29, 0.717) is 16.8 Å². The zero-order valence-corrected chi connectivity index (χ0v) is 14.8. The number of esters is 1. The minimum Gasteiger partial charge on any atom is -0.451 e. The molecule has 2 rings (SSSR count). The molecule has 0 heterocycles. The van der Waals surface area contributed by atoms with Crippen molar-refractivity contribution >= 4 is 23.3 Å². The molecule has 0 aliphatic rings. The minimum absolute atomic E-state index is 0.192. The number of rotatable bonds is 5. The van der Waals surface area contributed by atoms with Gasteiger partial charge in [0.2, 0.25) is 11.7 Å². The summed E-state index contributed by atoms with van der Waals surface area (Å²) >= 11 is 0. The van der Waals surface area contributed by atoms with Crippen LogP contribution < -0.4 is 5.32 Å². The summed E-state index contributed by atoms with van der Waals surface area (Å²) in [6.45, 7) is 6.86. The summed E-state index contributed by atoms with van der Waals surface area (Å²) in [5, 5.41) is 2.62. The highest BCUT2D eigenvalue weighted by Crippen LogP contribution is 2.15. The van der Waals surface area contributed by atoms with E-state index < -0.39 is 12.1 Å². The quantitative estimate of drug-likeness (QED) is 0.666. The van der Waals surface area contributed by atoms with Crippen molar-refractivity contribution in [1.29, 1.82) is 0 Å². The van der Waals surface area contributed by atoms with Gasteiger partial charge in [-0.15, -0.1) is 0 Å². The Morgan fingerprint density at radius 2 is 1.52 bits per heavy atom. The summed E-state index contributed by atoms with van der Waals surface area (Å²) < 4.78 is 5.27. The van der Waals surface area contributed by atoms with Crippen molar-refractivity contribution in [3.8, 4) is 0 Å². The fourth-order valence-corrected chi connectivity index (χ4v) is 2.30. The van der Waals surface area contributed by atoms with Gasteiger partial charge >= 0.3 is 5.97 Å². The molecule has 0 unspecified atom stereocenters. The van der Waals surface area contributed by atoms with Crippen LogP contribution in [0.2, 0.25) is 0 Å². The maximum Gasteiger partial charge on any atom is 0.338 e. The van der Waals surface area contributed by atoms with Crippen LogP contribution in [0.4, 0.5) is 5.69 Å². The number of ketones is 1. The monoisotopic (exact) mass is 339 g/mol. The summed E-state index contributed by atoms with van der Waals surface area (Å²) in [5.41, 5.74) is 3.53. The first-order valence-corrected chi connectivity index (χ1v) is 7.98. The number of hydrogen-bond acceptors (Lipinski definition) is 4. The molecule has 5 heteroatoms. The van der Waals surface area contributed by atoms with E-state index in [1.807, 2.05) is 19.9 Å². The lowest BCUT2D eigenvalue weighted by Crippen LogP contribution is -2.24. The largest absolute Gasteiger partial charge is 0.451 e. The molecule has 1 amide bonds. The minimum atomic E-state index is -0.885. The second-order valence-corrected chi connectivity index (χ2v) is 5.97. The van der Waals surface area contributed by atoms with Crippen molar-refractivity contribution < 1.29 is 19.1 Å². The van der Waals surface area contributed by atoms with Gasteiger partial charge in [-0.05, 0) is 62.2 Å². The van der Waals surface area contributed by atoms with Gasteiger partial charge in [-0.1, -0.05) is 12.1 Å². The Hall–Kier alpha value is -2.95. The van der Waals surface area contributed by atoms with Crippen molar-refractivity contribution in [2.75, 3.05) is 5.32 Å². The van der Waals surface area contributed by atoms with Crippen LogP contribution in [-0.2, 0) is 9.53 Å². The van der Waals surface area contributed by atoms with Gasteiger partial charge < -0.3 is 10.1 Å². The lowest BCUT2D eigenvalue weighted by molar-refractivity contribution is -0.114. The van der Waals surface area contributed by atoms with Gasteiger partial charge in [-0.2, -0.15) is 0 Å². The standard InChI is InChI=1S/C20H21NO4/c1-12-5-6-17(11-13(12)2)19(23)14(3)25-20(24)16-7-9-18(10-8-16)21-15(4)22/h5-11,14H,1-4H3,(H,21,22)/t14-/m0/s1. The Morgan fingerprint density at radius 1 is 0.920 bits per heavy atom. The second-order valence-electron chi connectivity index (χ2n) is 5.97. The van der Waals surface area contributed by atoms with Crippen LogP contribution in [-0.4, -0.2) is 23.8 Å². The van der Waals surface area contributed by atoms with E-state index in [9.17, 15) is 14.4 Å². The van der Waals surface area contributed by atoms with Crippen LogP contribution in [0.25, 0.3) is 0 Å². The SMILES string of the molecule is CC(=O)Nc1ccc(C(=O)O[C@@H](C)C(=O)c2ccc(C)c(C)c2)cc1. The van der Waals surface area contributed by atoms with E-state index in [1.54, 1.807) is 43.3 Å². The average molecular weight is 339 g/mol. The zero-order valence-electron chi connectivity index (χ0n) is 14.8. The molecular weight excluding hydrogens is 318 g/mol. The molecule has 2 aromatic rings. The Kier molecular flexibility index (Phi) is 5.70. The van der Waals surface area contributed by atoms with E-state index in [2.05, 4.69) is 5.32 Å². The smallest absolute Gasteiger partial charge is 0.338 e. The highest BCUT2D eigenvalue weighted by atomic mass is 16.5. The number of aryl methyl sites for hydroxylation is 2. The van der Waals surface area contributed by atoms with E-state index in [4.69, 9.17) is 4.74 Å². The number of nitrogens with one attached hydrogen (secondary N) is 1. The van der Waals surface area contributed by atoms with Crippen molar-refractivity contribution in [3.05, 3.63) is 64.7 Å². The van der Waals surface area contributed by atoms with Crippen molar-refractivity contribution in [1.82, 2.24) is 0 Å². The molecule has 0 saturated heterocycles. The normalized spacial score (nSPS) is 11.5. The van der Waals surface area contributed by atoms with Gasteiger partial charge in [-0.25, -0.2) is 4.79 Å². The third-order valence-corrected chi connectivity index (χ3v) is 3.89. The van der Waals surface area contributed by atoms with Crippen LogP contribution in [0.3, 0.4) is 0 Å². The predicted molar refractivity (Wildman–Crippen MR) is 95.9 cm³/mol. The number of ether oxygens (including phenoxy) is 1. The summed E-state index contributed by atoms with van der Waals surface area (Å²) in [7, 11) is 0. The van der Waals surface area contributed by atoms with Crippen LogP contribution in [0, 0.1) is 13.8 Å². The molecule has 130 valence electrons. The van der Waals surface area contributed by atoms with Gasteiger partial charge in [-0.3, -0.25) is 9.59 Å². The van der Waals surface area contributed by atoms with Crippen LogP contribution in [0.5, 0.6) is 0 Å². The first-order valence-electron chi connectivity index (χ1n) is 7.98. The fraction of sp³-hybridized carbons (Fsp3) is 0.250. The highest BCUT2D eigenvalue weighted by molar-refractivity contribution is 6.01. The summed E-state index contributed by atoms with van der Waals surface area (Å²) in [6.07, 6.45) is -0.885. The third-order valence-electron chi connectivity index (χ3n) is 3.89. The van der Waals surface area contributed by atoms with E-state index in [0.717, 1.165) is 11.1 Å². The summed E-state index contributed by atoms with van der Waals surface area (Å²) in [5.74, 6) is -1.02. The van der Waals surface area contributed by atoms with Crippen molar-refractivity contribution in [3.63, 3.8) is 0 Å². The topological polar surface area (TPSA) is 72.5 Å². The van der Waals surface area contributed by atoms with Gasteiger partial charge in [0.25, 0.3) is 0 Å². The molecule has 2 aromatic carbocycles. The van der Waals surface area contributed by atoms with Crippen LogP contribution in [0.1, 0.15) is 45.7 Å². The molecule has 0 fully saturated rings. The molecule has 0 aliphatic heterocycles. The summed E-state index contributed by atoms with van der Waals surface area (Å²) in [6, 6.07) is 11.7. The van der Waals surface area contributed by atoms with Crippen molar-refractivity contribution in [2.45, 2.75) is 33.8 Å². The predicted octanol–water partition coefficient (Wildman–Crippen LogP) is 3.69. The highest BCUT2D eigenvalue weighted by Gasteiger charge is 2.20. The van der Waals surface area contributed by atoms with E-state index in [1.165, 1.54) is 6.92 Å². The molecule has 1 N–H and O–H groups in total. The molecule has 0 saturated carbocycles. The van der Waals surface area contributed by atoms with E-state index >= 15 is 0 Å². The van der Waals surface area contributed by atoms with Crippen LogP contribution in [0.15, 0.2) is 42.5 Å². The number of amides is 1. The molecule has 0 radical (unpaired) electrons. The number of Topliss-reactive ketones (excluding diaryl/α,β-unsaturated/α-hetero) is 1. The number of hydrogen-bond donors (Lipinski definition) is 1. The second kappa shape index (κ2) is 7.75. The maximum atomic E-state index is 12.4. The molecule has 0 aliphatic carbocycles. The van der Waals surface area contributed by atoms with Gasteiger partial charge in [0.1, 0.15) is 0 Å². The Bertz CT molecular complexity index is 809.